The van der Waals surface area contributed by atoms with Gasteiger partial charge in [-0.15, -0.1) is 24.0 Å². The first-order chi connectivity index (χ1) is 14.7. The molecular formula is C25H34IN3O2. The molecule has 0 spiro atoms. The lowest BCUT2D eigenvalue weighted by Crippen LogP contribution is -2.48. The van der Waals surface area contributed by atoms with Crippen molar-refractivity contribution in [1.82, 2.24) is 10.2 Å². The van der Waals surface area contributed by atoms with Crippen LogP contribution in [0.25, 0.3) is 0 Å². The number of ether oxygens (including phenoxy) is 2. The van der Waals surface area contributed by atoms with Gasteiger partial charge in [0.05, 0.1) is 7.11 Å². The zero-order chi connectivity index (χ0) is 20.8. The van der Waals surface area contributed by atoms with E-state index < -0.39 is 0 Å². The quantitative estimate of drug-likeness (QED) is 0.350. The van der Waals surface area contributed by atoms with Crippen LogP contribution in [0.4, 0.5) is 0 Å². The molecule has 31 heavy (non-hydrogen) atoms. The van der Waals surface area contributed by atoms with Gasteiger partial charge in [-0.1, -0.05) is 42.5 Å². The van der Waals surface area contributed by atoms with Crippen LogP contribution in [0.5, 0.6) is 5.75 Å². The van der Waals surface area contributed by atoms with E-state index in [2.05, 4.69) is 69.8 Å². The van der Waals surface area contributed by atoms with Gasteiger partial charge in [-0.05, 0) is 42.5 Å². The Kier molecular flexibility index (Phi) is 8.60. The maximum atomic E-state index is 5.69. The van der Waals surface area contributed by atoms with Gasteiger partial charge < -0.3 is 19.7 Å². The Balaban J connectivity index is 0.00000272. The molecule has 1 atom stereocenters. The molecule has 168 valence electrons. The van der Waals surface area contributed by atoms with E-state index in [1.54, 1.807) is 7.11 Å². The Morgan fingerprint density at radius 3 is 2.48 bits per heavy atom. The molecule has 0 bridgehead atoms. The molecule has 2 fully saturated rings. The summed E-state index contributed by atoms with van der Waals surface area (Å²) in [4.78, 5) is 7.02. The monoisotopic (exact) mass is 535 g/mol. The highest BCUT2D eigenvalue weighted by molar-refractivity contribution is 14.0. The Bertz CT molecular complexity index is 836. The topological polar surface area (TPSA) is 46.1 Å². The molecule has 0 aliphatic carbocycles. The van der Waals surface area contributed by atoms with Crippen LogP contribution in [0.1, 0.15) is 36.3 Å². The van der Waals surface area contributed by atoms with Gasteiger partial charge in [-0.25, -0.2) is 0 Å². The van der Waals surface area contributed by atoms with Gasteiger partial charge >= 0.3 is 0 Å². The van der Waals surface area contributed by atoms with Gasteiger partial charge in [0, 0.05) is 51.2 Å². The van der Waals surface area contributed by atoms with E-state index in [9.17, 15) is 0 Å². The van der Waals surface area contributed by atoms with Crippen molar-refractivity contribution in [2.75, 3.05) is 47.0 Å². The summed E-state index contributed by atoms with van der Waals surface area (Å²) in [6, 6.07) is 19.4. The summed E-state index contributed by atoms with van der Waals surface area (Å²) in [5, 5.41) is 3.71. The second kappa shape index (κ2) is 11.2. The number of nitrogens with zero attached hydrogens (tertiary/aromatic N) is 2. The zero-order valence-corrected chi connectivity index (χ0v) is 20.9. The average molecular weight is 535 g/mol. The first-order valence-electron chi connectivity index (χ1n) is 11.0. The van der Waals surface area contributed by atoms with Crippen molar-refractivity contribution in [2.45, 2.75) is 30.6 Å². The number of rotatable bonds is 5. The van der Waals surface area contributed by atoms with Crippen molar-refractivity contribution in [3.8, 4) is 5.75 Å². The highest BCUT2D eigenvalue weighted by atomic mass is 127. The van der Waals surface area contributed by atoms with Gasteiger partial charge in [0.15, 0.2) is 5.96 Å². The third-order valence-electron chi connectivity index (χ3n) is 6.71. The third-order valence-corrected chi connectivity index (χ3v) is 6.71. The van der Waals surface area contributed by atoms with Crippen LogP contribution in [0.2, 0.25) is 0 Å². The van der Waals surface area contributed by atoms with Gasteiger partial charge in [0.2, 0.25) is 0 Å². The van der Waals surface area contributed by atoms with E-state index in [0.717, 1.165) is 57.4 Å². The van der Waals surface area contributed by atoms with E-state index >= 15 is 0 Å². The summed E-state index contributed by atoms with van der Waals surface area (Å²) < 4.78 is 11.0. The van der Waals surface area contributed by atoms with Gasteiger partial charge in [-0.2, -0.15) is 0 Å². The average Bonchev–Trinajstić information content (AvgIpc) is 3.31. The lowest BCUT2D eigenvalue weighted by atomic mass is 9.74. The minimum atomic E-state index is 0. The predicted molar refractivity (Wildman–Crippen MR) is 137 cm³/mol. The number of nitrogens with one attached hydrogen (secondary N) is 1. The normalized spacial score (nSPS) is 20.8. The number of halogens is 1. The molecule has 1 N–H and O–H groups in total. The maximum absolute atomic E-state index is 5.69. The van der Waals surface area contributed by atoms with Crippen LogP contribution in [0.3, 0.4) is 0 Å². The lowest BCUT2D eigenvalue weighted by Gasteiger charge is -2.39. The number of methoxy groups -OCH3 is 1. The van der Waals surface area contributed by atoms with Gasteiger partial charge in [0.25, 0.3) is 0 Å². The second-order valence-electron chi connectivity index (χ2n) is 8.36. The van der Waals surface area contributed by atoms with Crippen LogP contribution < -0.4 is 10.1 Å². The number of benzene rings is 2. The molecule has 2 saturated heterocycles. The molecule has 2 aliphatic rings. The van der Waals surface area contributed by atoms with Gasteiger partial charge in [0.1, 0.15) is 5.75 Å². The van der Waals surface area contributed by atoms with Crippen LogP contribution in [-0.2, 0) is 10.2 Å². The first-order valence-corrected chi connectivity index (χ1v) is 11.0. The Labute approximate surface area is 203 Å². The Morgan fingerprint density at radius 2 is 1.84 bits per heavy atom. The fraction of sp³-hybridized carbons (Fsp3) is 0.480. The summed E-state index contributed by atoms with van der Waals surface area (Å²) in [5.74, 6) is 2.48. The van der Waals surface area contributed by atoms with Crippen molar-refractivity contribution < 1.29 is 9.47 Å². The summed E-state index contributed by atoms with van der Waals surface area (Å²) >= 11 is 0. The predicted octanol–water partition coefficient (Wildman–Crippen LogP) is 4.43. The summed E-state index contributed by atoms with van der Waals surface area (Å²) in [6.07, 6.45) is 3.19. The second-order valence-corrected chi connectivity index (χ2v) is 8.36. The Morgan fingerprint density at radius 1 is 1.13 bits per heavy atom. The number of likely N-dealkylation sites (tertiary alicyclic amines) is 1. The number of aliphatic imine (C=N–C) groups is 1. The smallest absolute Gasteiger partial charge is 0.193 e. The summed E-state index contributed by atoms with van der Waals surface area (Å²) in [5.41, 5.74) is 2.83. The zero-order valence-electron chi connectivity index (χ0n) is 18.5. The molecule has 5 nitrogen and oxygen atoms in total. The van der Waals surface area contributed by atoms with Crippen molar-refractivity contribution in [2.24, 2.45) is 4.99 Å². The molecule has 2 aliphatic heterocycles. The van der Waals surface area contributed by atoms with E-state index in [1.807, 2.05) is 7.05 Å². The van der Waals surface area contributed by atoms with Crippen molar-refractivity contribution >= 4 is 29.9 Å². The van der Waals surface area contributed by atoms with Gasteiger partial charge in [-0.3, -0.25) is 4.99 Å². The molecule has 0 amide bonds. The lowest BCUT2D eigenvalue weighted by molar-refractivity contribution is 0.0512. The minimum absolute atomic E-state index is 0. The van der Waals surface area contributed by atoms with E-state index in [4.69, 9.17) is 9.47 Å². The Hall–Kier alpha value is -1.80. The van der Waals surface area contributed by atoms with Crippen LogP contribution in [0, 0.1) is 0 Å². The standard InChI is InChI=1S/C25H33N3O2.HI/c1-26-24(28-15-12-21(18-28)20-6-4-3-5-7-20)27-19-25(13-16-30-17-14-25)22-8-10-23(29-2)11-9-22;/h3-11,21H,12-19H2,1-2H3,(H,26,27);1H. The number of hydrogen-bond donors (Lipinski definition) is 1. The molecule has 6 heteroatoms. The fourth-order valence-corrected chi connectivity index (χ4v) is 4.80. The first kappa shape index (κ1) is 23.9. The molecule has 1 unspecified atom stereocenters. The molecular weight excluding hydrogens is 501 g/mol. The number of guanidine groups is 1. The number of hydrogen-bond acceptors (Lipinski definition) is 3. The van der Waals surface area contributed by atoms with Crippen molar-refractivity contribution in [3.63, 3.8) is 0 Å². The largest absolute Gasteiger partial charge is 0.497 e. The van der Waals surface area contributed by atoms with E-state index in [0.29, 0.717) is 5.92 Å². The summed E-state index contributed by atoms with van der Waals surface area (Å²) in [6.45, 7) is 4.51. The third kappa shape index (κ3) is 5.52. The minimum Gasteiger partial charge on any atom is -0.497 e. The van der Waals surface area contributed by atoms with Crippen LogP contribution in [-0.4, -0.2) is 57.9 Å². The van der Waals surface area contributed by atoms with Crippen LogP contribution in [0.15, 0.2) is 59.6 Å². The van der Waals surface area contributed by atoms with E-state index in [-0.39, 0.29) is 29.4 Å². The highest BCUT2D eigenvalue weighted by Crippen LogP contribution is 2.35. The molecule has 2 heterocycles. The molecule has 2 aromatic rings. The van der Waals surface area contributed by atoms with Crippen molar-refractivity contribution in [3.05, 3.63) is 65.7 Å². The molecule has 0 aromatic heterocycles. The summed E-state index contributed by atoms with van der Waals surface area (Å²) in [7, 11) is 3.60. The molecule has 0 saturated carbocycles. The molecule has 2 aromatic carbocycles. The maximum Gasteiger partial charge on any atom is 0.193 e. The van der Waals surface area contributed by atoms with E-state index in [1.165, 1.54) is 17.5 Å². The van der Waals surface area contributed by atoms with Crippen molar-refractivity contribution in [1.29, 1.82) is 0 Å². The SMILES string of the molecule is CN=C(NCC1(c2ccc(OC)cc2)CCOCC1)N1CCC(c2ccccc2)C1.I. The molecule has 4 rings (SSSR count). The molecule has 0 radical (unpaired) electrons. The fourth-order valence-electron chi connectivity index (χ4n) is 4.80. The highest BCUT2D eigenvalue weighted by Gasteiger charge is 2.35. The van der Waals surface area contributed by atoms with Crippen LogP contribution >= 0.6 is 24.0 Å².